The number of imidazole rings is 1. The molecule has 0 atom stereocenters. The molecule has 0 radical (unpaired) electrons. The van der Waals surface area contributed by atoms with Crippen LogP contribution in [-0.2, 0) is 11.8 Å². The van der Waals surface area contributed by atoms with E-state index in [1.807, 2.05) is 27.7 Å². The van der Waals surface area contributed by atoms with Crippen molar-refractivity contribution in [1.29, 1.82) is 0 Å². The molecule has 2 N–H and O–H groups in total. The van der Waals surface area contributed by atoms with E-state index >= 15 is 0 Å². The van der Waals surface area contributed by atoms with Crippen LogP contribution in [0.3, 0.4) is 0 Å². The number of carboxylic acids is 1. The van der Waals surface area contributed by atoms with Crippen LogP contribution in [0.2, 0.25) is 0 Å². The second-order valence-corrected chi connectivity index (χ2v) is 4.32. The number of aromatic nitrogens is 2. The molecule has 14 heavy (non-hydrogen) atoms. The molecule has 0 bridgehead atoms. The van der Waals surface area contributed by atoms with Crippen molar-refractivity contribution in [1.82, 2.24) is 9.97 Å². The van der Waals surface area contributed by atoms with E-state index in [-0.39, 0.29) is 11.2 Å². The largest absolute Gasteiger partial charge is 0.475 e. The van der Waals surface area contributed by atoms with Gasteiger partial charge in [0.1, 0.15) is 0 Å². The molecule has 4 heteroatoms. The normalized spacial score (nSPS) is 11.7. The average molecular weight is 196 g/mol. The zero-order chi connectivity index (χ0) is 10.9. The minimum absolute atomic E-state index is 0.0341. The molecule has 0 fully saturated rings. The summed E-state index contributed by atoms with van der Waals surface area (Å²) in [6.45, 7) is 8.05. The van der Waals surface area contributed by atoms with E-state index in [4.69, 9.17) is 5.11 Å². The van der Waals surface area contributed by atoms with Crippen LogP contribution in [0, 0.1) is 0 Å². The van der Waals surface area contributed by atoms with Gasteiger partial charge in [-0.2, -0.15) is 0 Å². The summed E-state index contributed by atoms with van der Waals surface area (Å²) in [5.74, 6) is -0.970. The fourth-order valence-electron chi connectivity index (χ4n) is 1.39. The number of rotatable bonds is 2. The van der Waals surface area contributed by atoms with Crippen LogP contribution in [0.5, 0.6) is 0 Å². The van der Waals surface area contributed by atoms with Crippen molar-refractivity contribution in [3.8, 4) is 0 Å². The Morgan fingerprint density at radius 3 is 2.36 bits per heavy atom. The monoisotopic (exact) mass is 196 g/mol. The second-order valence-electron chi connectivity index (χ2n) is 4.32. The first-order chi connectivity index (χ1) is 6.36. The van der Waals surface area contributed by atoms with Crippen LogP contribution >= 0.6 is 0 Å². The molecule has 1 rings (SSSR count). The Morgan fingerprint density at radius 1 is 1.50 bits per heavy atom. The fraction of sp³-hybridized carbons (Fsp3) is 0.600. The number of nitrogens with one attached hydrogen (secondary N) is 1. The lowest BCUT2D eigenvalue weighted by molar-refractivity contribution is 0.0684. The van der Waals surface area contributed by atoms with Gasteiger partial charge in [0, 0.05) is 11.1 Å². The lowest BCUT2D eigenvalue weighted by Gasteiger charge is -2.16. The molecule has 0 unspecified atom stereocenters. The van der Waals surface area contributed by atoms with Crippen molar-refractivity contribution in [3.05, 3.63) is 17.2 Å². The smallest absolute Gasteiger partial charge is 0.371 e. The highest BCUT2D eigenvalue weighted by Gasteiger charge is 2.23. The number of aryl methyl sites for hydroxylation is 1. The minimum atomic E-state index is -1.00. The second kappa shape index (κ2) is 3.44. The Morgan fingerprint density at radius 2 is 2.07 bits per heavy atom. The van der Waals surface area contributed by atoms with Crippen molar-refractivity contribution in [2.24, 2.45) is 0 Å². The van der Waals surface area contributed by atoms with Crippen molar-refractivity contribution in [3.63, 3.8) is 0 Å². The van der Waals surface area contributed by atoms with Crippen LogP contribution in [-0.4, -0.2) is 21.0 Å². The summed E-state index contributed by atoms with van der Waals surface area (Å²) in [6, 6.07) is 0. The fourth-order valence-corrected chi connectivity index (χ4v) is 1.39. The summed E-state index contributed by atoms with van der Waals surface area (Å²) in [5.41, 5.74) is 1.64. The van der Waals surface area contributed by atoms with Crippen LogP contribution in [0.15, 0.2) is 0 Å². The lowest BCUT2D eigenvalue weighted by Crippen LogP contribution is -2.14. The van der Waals surface area contributed by atoms with Gasteiger partial charge in [0.15, 0.2) is 0 Å². The van der Waals surface area contributed by atoms with E-state index in [9.17, 15) is 4.79 Å². The first-order valence-electron chi connectivity index (χ1n) is 4.69. The Kier molecular flexibility index (Phi) is 2.64. The number of carboxylic acid groups (broad SMARTS) is 1. The number of carbonyl (C=O) groups is 1. The quantitative estimate of drug-likeness (QED) is 0.760. The summed E-state index contributed by atoms with van der Waals surface area (Å²) in [5, 5.41) is 8.79. The molecule has 4 nitrogen and oxygen atoms in total. The van der Waals surface area contributed by atoms with E-state index in [0.717, 1.165) is 17.8 Å². The number of aromatic carboxylic acids is 1. The van der Waals surface area contributed by atoms with Gasteiger partial charge in [-0.15, -0.1) is 0 Å². The van der Waals surface area contributed by atoms with Crippen molar-refractivity contribution < 1.29 is 9.90 Å². The molecule has 0 spiro atoms. The summed E-state index contributed by atoms with van der Waals surface area (Å²) < 4.78 is 0. The Balaban J connectivity index is 3.22. The van der Waals surface area contributed by atoms with Gasteiger partial charge in [0.25, 0.3) is 0 Å². The van der Waals surface area contributed by atoms with Crippen LogP contribution in [0.1, 0.15) is 49.7 Å². The van der Waals surface area contributed by atoms with Gasteiger partial charge in [-0.05, 0) is 6.42 Å². The maximum atomic E-state index is 10.7. The molecule has 0 aromatic carbocycles. The maximum Gasteiger partial charge on any atom is 0.371 e. The first kappa shape index (κ1) is 10.8. The molecular weight excluding hydrogens is 180 g/mol. The van der Waals surface area contributed by atoms with Crippen LogP contribution < -0.4 is 0 Å². The molecule has 0 saturated heterocycles. The van der Waals surface area contributed by atoms with E-state index in [0.29, 0.717) is 0 Å². The number of nitrogens with zero attached hydrogens (tertiary/aromatic N) is 1. The third-order valence-corrected chi connectivity index (χ3v) is 2.05. The molecule has 0 amide bonds. The van der Waals surface area contributed by atoms with E-state index < -0.39 is 5.97 Å². The predicted molar refractivity (Wildman–Crippen MR) is 53.6 cm³/mol. The SMILES string of the molecule is CCc1[nH]c(C(=O)O)nc1C(C)(C)C. The Labute approximate surface area is 83.4 Å². The summed E-state index contributed by atoms with van der Waals surface area (Å²) in [4.78, 5) is 17.6. The highest BCUT2D eigenvalue weighted by atomic mass is 16.4. The maximum absolute atomic E-state index is 10.7. The number of hydrogen-bond acceptors (Lipinski definition) is 2. The van der Waals surface area contributed by atoms with Crippen molar-refractivity contribution in [2.75, 3.05) is 0 Å². The number of hydrogen-bond donors (Lipinski definition) is 2. The topological polar surface area (TPSA) is 66.0 Å². The highest BCUT2D eigenvalue weighted by Crippen LogP contribution is 2.24. The van der Waals surface area contributed by atoms with Crippen LogP contribution in [0.25, 0.3) is 0 Å². The zero-order valence-electron chi connectivity index (χ0n) is 9.01. The molecule has 1 heterocycles. The minimum Gasteiger partial charge on any atom is -0.475 e. The van der Waals surface area contributed by atoms with Gasteiger partial charge in [-0.1, -0.05) is 27.7 Å². The summed E-state index contributed by atoms with van der Waals surface area (Å²) >= 11 is 0. The molecule has 0 aliphatic rings. The van der Waals surface area contributed by atoms with Gasteiger partial charge in [-0.25, -0.2) is 9.78 Å². The van der Waals surface area contributed by atoms with Crippen LogP contribution in [0.4, 0.5) is 0 Å². The lowest BCUT2D eigenvalue weighted by atomic mass is 9.90. The molecule has 0 aliphatic carbocycles. The molecular formula is C10H16N2O2. The molecule has 0 aliphatic heterocycles. The number of H-pyrrole nitrogens is 1. The van der Waals surface area contributed by atoms with Crippen molar-refractivity contribution in [2.45, 2.75) is 39.5 Å². The predicted octanol–water partition coefficient (Wildman–Crippen LogP) is 1.97. The molecule has 0 saturated carbocycles. The summed E-state index contributed by atoms with van der Waals surface area (Å²) in [6.07, 6.45) is 0.771. The van der Waals surface area contributed by atoms with E-state index in [2.05, 4.69) is 9.97 Å². The standard InChI is InChI=1S/C10H16N2O2/c1-5-6-7(10(2,3)4)12-8(11-6)9(13)14/h5H2,1-4H3,(H,11,12)(H,13,14). The van der Waals surface area contributed by atoms with Crippen molar-refractivity contribution >= 4 is 5.97 Å². The van der Waals surface area contributed by atoms with Gasteiger partial charge >= 0.3 is 5.97 Å². The number of aromatic amines is 1. The average Bonchev–Trinajstić information content (AvgIpc) is 2.46. The van der Waals surface area contributed by atoms with Gasteiger partial charge in [0.2, 0.25) is 5.82 Å². The third kappa shape index (κ3) is 1.95. The highest BCUT2D eigenvalue weighted by molar-refractivity contribution is 5.83. The Bertz CT molecular complexity index is 347. The zero-order valence-corrected chi connectivity index (χ0v) is 9.01. The molecule has 78 valence electrons. The molecule has 1 aromatic rings. The van der Waals surface area contributed by atoms with Gasteiger partial charge in [-0.3, -0.25) is 0 Å². The van der Waals surface area contributed by atoms with Gasteiger partial charge in [0.05, 0.1) is 5.69 Å². The van der Waals surface area contributed by atoms with E-state index in [1.54, 1.807) is 0 Å². The Hall–Kier alpha value is -1.32. The first-order valence-corrected chi connectivity index (χ1v) is 4.69. The van der Waals surface area contributed by atoms with E-state index in [1.165, 1.54) is 0 Å². The summed E-state index contributed by atoms with van der Waals surface area (Å²) in [7, 11) is 0. The molecule has 1 aromatic heterocycles. The van der Waals surface area contributed by atoms with Gasteiger partial charge < -0.3 is 10.1 Å². The third-order valence-electron chi connectivity index (χ3n) is 2.05.